The molecule has 0 bridgehead atoms. The minimum absolute atomic E-state index is 0.261. The van der Waals surface area contributed by atoms with Gasteiger partial charge in [-0.15, -0.1) is 0 Å². The van der Waals surface area contributed by atoms with Gasteiger partial charge < -0.3 is 19.9 Å². The molecule has 156 valence electrons. The Morgan fingerprint density at radius 2 is 2.00 bits per heavy atom. The second-order valence-corrected chi connectivity index (χ2v) is 7.51. The standard InChI is InChI=1S/C22H22N2O5S/c1-4-14-8-10-16(11-9-14)23-22-24-20(25)18(30-22)12-15-6-5-7-17(28-3)19(15)29-13(2)21(26)27/h5-13H,4H2,1-3H3,(H,26,27)(H,23,24,25)/b18-12-/t13-/m0/s1. The van der Waals surface area contributed by atoms with E-state index in [1.165, 1.54) is 31.4 Å². The van der Waals surface area contributed by atoms with E-state index in [1.807, 2.05) is 24.3 Å². The molecule has 1 aliphatic heterocycles. The van der Waals surface area contributed by atoms with Crippen molar-refractivity contribution in [3.63, 3.8) is 0 Å². The van der Waals surface area contributed by atoms with Crippen molar-refractivity contribution in [2.75, 3.05) is 7.11 Å². The highest BCUT2D eigenvalue weighted by Crippen LogP contribution is 2.36. The molecule has 0 radical (unpaired) electrons. The Hall–Kier alpha value is -3.26. The number of aryl methyl sites for hydroxylation is 1. The molecule has 1 atom stereocenters. The van der Waals surface area contributed by atoms with Crippen LogP contribution in [0, 0.1) is 0 Å². The molecule has 30 heavy (non-hydrogen) atoms. The van der Waals surface area contributed by atoms with Crippen LogP contribution in [0.25, 0.3) is 6.08 Å². The number of aliphatic carboxylic acids is 1. The Labute approximate surface area is 178 Å². The van der Waals surface area contributed by atoms with Gasteiger partial charge in [-0.3, -0.25) is 4.79 Å². The monoisotopic (exact) mass is 426 g/mol. The van der Waals surface area contributed by atoms with Crippen LogP contribution in [0.1, 0.15) is 25.0 Å². The second-order valence-electron chi connectivity index (χ2n) is 6.48. The molecule has 1 amide bonds. The van der Waals surface area contributed by atoms with E-state index in [1.54, 1.807) is 24.3 Å². The van der Waals surface area contributed by atoms with Gasteiger partial charge in [0.25, 0.3) is 5.91 Å². The molecule has 1 fully saturated rings. The molecule has 1 heterocycles. The van der Waals surface area contributed by atoms with Crippen molar-refractivity contribution in [3.8, 4) is 11.5 Å². The number of para-hydroxylation sites is 1. The number of hydrogen-bond donors (Lipinski definition) is 2. The first kappa shape index (κ1) is 21.4. The highest BCUT2D eigenvalue weighted by atomic mass is 32.2. The summed E-state index contributed by atoms with van der Waals surface area (Å²) in [6, 6.07) is 12.9. The molecule has 2 N–H and O–H groups in total. The largest absolute Gasteiger partial charge is 0.493 e. The van der Waals surface area contributed by atoms with Crippen LogP contribution in [0.2, 0.25) is 0 Å². The van der Waals surface area contributed by atoms with E-state index in [-0.39, 0.29) is 11.7 Å². The van der Waals surface area contributed by atoms with Crippen LogP contribution >= 0.6 is 11.8 Å². The molecule has 1 saturated heterocycles. The van der Waals surface area contributed by atoms with Crippen molar-refractivity contribution >= 4 is 40.6 Å². The predicted molar refractivity (Wildman–Crippen MR) is 117 cm³/mol. The van der Waals surface area contributed by atoms with Gasteiger partial charge in [0.15, 0.2) is 22.8 Å². The van der Waals surface area contributed by atoms with Crippen molar-refractivity contribution in [1.82, 2.24) is 5.32 Å². The number of ether oxygens (including phenoxy) is 2. The normalized spacial score (nSPS) is 17.1. The van der Waals surface area contributed by atoms with E-state index in [4.69, 9.17) is 14.6 Å². The van der Waals surface area contributed by atoms with Gasteiger partial charge >= 0.3 is 5.97 Å². The fraction of sp³-hybridized carbons (Fsp3) is 0.227. The van der Waals surface area contributed by atoms with Crippen molar-refractivity contribution in [3.05, 3.63) is 58.5 Å². The molecule has 0 unspecified atom stereocenters. The van der Waals surface area contributed by atoms with Gasteiger partial charge in [0, 0.05) is 5.56 Å². The van der Waals surface area contributed by atoms with Crippen molar-refractivity contribution in [1.29, 1.82) is 0 Å². The van der Waals surface area contributed by atoms with Crippen LogP contribution in [-0.4, -0.2) is 35.4 Å². The molecule has 3 rings (SSSR count). The molecule has 1 aliphatic rings. The number of nitrogens with zero attached hydrogens (tertiary/aromatic N) is 1. The molecule has 2 aromatic carbocycles. The smallest absolute Gasteiger partial charge is 0.344 e. The third kappa shape index (κ3) is 5.01. The fourth-order valence-electron chi connectivity index (χ4n) is 2.71. The number of carboxylic acid groups (broad SMARTS) is 1. The number of rotatable bonds is 7. The van der Waals surface area contributed by atoms with Gasteiger partial charge in [0.05, 0.1) is 17.7 Å². The number of amides is 1. The lowest BCUT2D eigenvalue weighted by Gasteiger charge is -2.16. The Kier molecular flexibility index (Phi) is 6.79. The van der Waals surface area contributed by atoms with E-state index in [2.05, 4.69) is 17.2 Å². The van der Waals surface area contributed by atoms with Crippen molar-refractivity contribution in [2.45, 2.75) is 26.4 Å². The zero-order chi connectivity index (χ0) is 21.7. The fourth-order valence-corrected chi connectivity index (χ4v) is 3.54. The zero-order valence-corrected chi connectivity index (χ0v) is 17.7. The summed E-state index contributed by atoms with van der Waals surface area (Å²) in [6.45, 7) is 3.51. The first-order valence-electron chi connectivity index (χ1n) is 9.36. The summed E-state index contributed by atoms with van der Waals surface area (Å²) in [6.07, 6.45) is 1.50. The molecular weight excluding hydrogens is 404 g/mol. The predicted octanol–water partition coefficient (Wildman–Crippen LogP) is 4.00. The van der Waals surface area contributed by atoms with Gasteiger partial charge in [-0.25, -0.2) is 9.79 Å². The van der Waals surface area contributed by atoms with E-state index in [0.29, 0.717) is 21.4 Å². The van der Waals surface area contributed by atoms with Gasteiger partial charge in [-0.1, -0.05) is 31.2 Å². The first-order chi connectivity index (χ1) is 14.4. The van der Waals surface area contributed by atoms with Crippen LogP contribution in [-0.2, 0) is 16.0 Å². The number of thioether (sulfide) groups is 1. The van der Waals surface area contributed by atoms with Crippen LogP contribution in [0.4, 0.5) is 5.69 Å². The first-order valence-corrected chi connectivity index (χ1v) is 10.2. The average molecular weight is 426 g/mol. The molecule has 8 heteroatoms. The number of benzene rings is 2. The quantitative estimate of drug-likeness (QED) is 0.650. The Bertz CT molecular complexity index is 1010. The highest BCUT2D eigenvalue weighted by molar-refractivity contribution is 8.18. The third-order valence-electron chi connectivity index (χ3n) is 4.38. The summed E-state index contributed by atoms with van der Waals surface area (Å²) in [4.78, 5) is 28.5. The summed E-state index contributed by atoms with van der Waals surface area (Å²) < 4.78 is 10.9. The summed E-state index contributed by atoms with van der Waals surface area (Å²) in [7, 11) is 1.47. The Morgan fingerprint density at radius 1 is 1.27 bits per heavy atom. The number of hydrogen-bond acceptors (Lipinski definition) is 6. The topological polar surface area (TPSA) is 97.2 Å². The minimum Gasteiger partial charge on any atom is -0.493 e. The molecule has 0 aromatic heterocycles. The number of methoxy groups -OCH3 is 1. The number of amidine groups is 1. The van der Waals surface area contributed by atoms with Crippen LogP contribution in [0.15, 0.2) is 52.4 Å². The maximum absolute atomic E-state index is 12.4. The second kappa shape index (κ2) is 9.49. The van der Waals surface area contributed by atoms with Crippen LogP contribution in [0.3, 0.4) is 0 Å². The number of carbonyl (C=O) groups excluding carboxylic acids is 1. The summed E-state index contributed by atoms with van der Waals surface area (Å²) in [5.41, 5.74) is 2.49. The van der Waals surface area contributed by atoms with Crippen LogP contribution in [0.5, 0.6) is 11.5 Å². The lowest BCUT2D eigenvalue weighted by molar-refractivity contribution is -0.144. The minimum atomic E-state index is -1.10. The van der Waals surface area contributed by atoms with E-state index < -0.39 is 12.1 Å². The molecular formula is C22H22N2O5S. The lowest BCUT2D eigenvalue weighted by Crippen LogP contribution is -2.23. The van der Waals surface area contributed by atoms with E-state index >= 15 is 0 Å². The number of carboxylic acids is 1. The molecule has 2 aromatic rings. The average Bonchev–Trinajstić information content (AvgIpc) is 3.08. The van der Waals surface area contributed by atoms with E-state index in [0.717, 1.165) is 12.1 Å². The maximum Gasteiger partial charge on any atom is 0.344 e. The van der Waals surface area contributed by atoms with Crippen molar-refractivity contribution < 1.29 is 24.2 Å². The molecule has 7 nitrogen and oxygen atoms in total. The number of aliphatic imine (C=N–C) groups is 1. The Morgan fingerprint density at radius 3 is 2.63 bits per heavy atom. The number of carbonyl (C=O) groups is 2. The maximum atomic E-state index is 12.4. The summed E-state index contributed by atoms with van der Waals surface area (Å²) >= 11 is 1.20. The van der Waals surface area contributed by atoms with Gasteiger partial charge in [-0.2, -0.15) is 0 Å². The molecule has 0 saturated carbocycles. The van der Waals surface area contributed by atoms with Crippen molar-refractivity contribution in [2.24, 2.45) is 4.99 Å². The van der Waals surface area contributed by atoms with Crippen LogP contribution < -0.4 is 14.8 Å². The van der Waals surface area contributed by atoms with Gasteiger partial charge in [0.2, 0.25) is 0 Å². The molecule has 0 aliphatic carbocycles. The lowest BCUT2D eigenvalue weighted by atomic mass is 10.1. The van der Waals surface area contributed by atoms with Gasteiger partial charge in [0.1, 0.15) is 0 Å². The molecule has 0 spiro atoms. The third-order valence-corrected chi connectivity index (χ3v) is 5.29. The summed E-state index contributed by atoms with van der Waals surface area (Å²) in [5.74, 6) is -0.748. The van der Waals surface area contributed by atoms with Gasteiger partial charge in [-0.05, 0) is 54.9 Å². The van der Waals surface area contributed by atoms with E-state index in [9.17, 15) is 9.59 Å². The zero-order valence-electron chi connectivity index (χ0n) is 16.8. The SMILES string of the molecule is CCc1ccc(N=C2NC(=O)/C(=C/c3cccc(OC)c3O[C@@H](C)C(=O)O)S2)cc1. The Balaban J connectivity index is 1.88. The summed E-state index contributed by atoms with van der Waals surface area (Å²) in [5, 5.41) is 12.4. The number of nitrogens with one attached hydrogen (secondary N) is 1. The highest BCUT2D eigenvalue weighted by Gasteiger charge is 2.25.